The fraction of sp³-hybridized carbons (Fsp3) is 0.750. The van der Waals surface area contributed by atoms with Crippen LogP contribution in [0.2, 0.25) is 0 Å². The summed E-state index contributed by atoms with van der Waals surface area (Å²) in [6, 6.07) is -0.969. The molecular weight excluding hydrogens is 304 g/mol. The number of nitrogens with two attached hydrogens (primary N) is 6. The third kappa shape index (κ3) is 19.9. The number of nitrogens with zero attached hydrogens (tertiary/aromatic N) is 2. The third-order valence-electron chi connectivity index (χ3n) is 2.55. The molecule has 11 nitrogen and oxygen atoms in total. The van der Waals surface area contributed by atoms with Gasteiger partial charge in [0.15, 0.2) is 11.9 Å². The zero-order chi connectivity index (χ0) is 18.3. The molecule has 0 radical (unpaired) electrons. The maximum absolute atomic E-state index is 10.2. The van der Waals surface area contributed by atoms with Gasteiger partial charge in [-0.3, -0.25) is 14.8 Å². The lowest BCUT2D eigenvalue weighted by Crippen LogP contribution is -2.30. The van der Waals surface area contributed by atoms with Crippen LogP contribution >= 0.6 is 0 Å². The first-order chi connectivity index (χ1) is 10.7. The first kappa shape index (κ1) is 23.2. The highest BCUT2D eigenvalue weighted by Gasteiger charge is 2.09. The Labute approximate surface area is 135 Å². The van der Waals surface area contributed by atoms with E-state index in [9.17, 15) is 4.79 Å². The number of hydrogen-bond acceptors (Lipinski definition) is 6. The molecule has 0 aromatic heterocycles. The van der Waals surface area contributed by atoms with Crippen molar-refractivity contribution in [2.24, 2.45) is 44.4 Å². The Balaban J connectivity index is 0. The summed E-state index contributed by atoms with van der Waals surface area (Å²) < 4.78 is 0. The third-order valence-corrected chi connectivity index (χ3v) is 2.55. The molecule has 0 aliphatic heterocycles. The Morgan fingerprint density at radius 1 is 0.913 bits per heavy atom. The van der Waals surface area contributed by atoms with Crippen molar-refractivity contribution in [2.75, 3.05) is 19.7 Å². The van der Waals surface area contributed by atoms with Gasteiger partial charge in [0.2, 0.25) is 0 Å². The number of guanidine groups is 2. The second kappa shape index (κ2) is 14.8. The summed E-state index contributed by atoms with van der Waals surface area (Å²) in [4.78, 5) is 17.7. The van der Waals surface area contributed by atoms with Crippen LogP contribution in [-0.2, 0) is 4.79 Å². The van der Waals surface area contributed by atoms with Gasteiger partial charge in [-0.1, -0.05) is 0 Å². The summed E-state index contributed by atoms with van der Waals surface area (Å²) in [5.74, 6) is -0.888. The Hall–Kier alpha value is -2.11. The quantitative estimate of drug-likeness (QED) is 0.114. The minimum atomic E-state index is -1.00. The maximum Gasteiger partial charge on any atom is 0.320 e. The molecule has 0 heterocycles. The molecule has 0 saturated carbocycles. The SMILES string of the molecule is NC(N)=NCCCC(N)C(=O)O.NC(N)=NCCCC(N)CO. The Morgan fingerprint density at radius 2 is 1.35 bits per heavy atom. The number of carboxylic acid groups (broad SMARTS) is 1. The Bertz CT molecular complexity index is 367. The number of hydrogen-bond donors (Lipinski definition) is 8. The molecule has 2 unspecified atom stereocenters. The molecule has 0 amide bonds. The molecule has 0 aliphatic rings. The summed E-state index contributed by atoms with van der Waals surface area (Å²) >= 11 is 0. The van der Waals surface area contributed by atoms with E-state index in [0.29, 0.717) is 25.9 Å². The first-order valence-electron chi connectivity index (χ1n) is 7.16. The van der Waals surface area contributed by atoms with Crippen molar-refractivity contribution in [1.29, 1.82) is 0 Å². The molecule has 0 aromatic rings. The predicted molar refractivity (Wildman–Crippen MR) is 90.5 cm³/mol. The van der Waals surface area contributed by atoms with Crippen LogP contribution < -0.4 is 34.4 Å². The van der Waals surface area contributed by atoms with E-state index in [-0.39, 0.29) is 24.6 Å². The molecule has 0 rings (SSSR count). The number of carbonyl (C=O) groups is 1. The van der Waals surface area contributed by atoms with E-state index in [0.717, 1.165) is 12.8 Å². The standard InChI is InChI=1S/C6H14N4O2.C6H16N4O/c7-4(5(11)12)2-1-3-10-6(8)9;7-5(4-11)2-1-3-10-6(8)9/h4H,1-3,7H2,(H,11,12)(H4,8,9,10);5,11H,1-4,7H2,(H4,8,9,10). The summed E-state index contributed by atoms with van der Waals surface area (Å²) in [5, 5.41) is 16.9. The summed E-state index contributed by atoms with van der Waals surface area (Å²) in [5.41, 5.74) is 30.9. The summed E-state index contributed by atoms with van der Waals surface area (Å²) in [7, 11) is 0. The first-order valence-corrected chi connectivity index (χ1v) is 7.16. The van der Waals surface area contributed by atoms with Gasteiger partial charge in [0, 0.05) is 19.1 Å². The maximum atomic E-state index is 10.2. The predicted octanol–water partition coefficient (Wildman–Crippen LogP) is -3.19. The minimum absolute atomic E-state index is 0.0129. The van der Waals surface area contributed by atoms with Crippen molar-refractivity contribution in [3.05, 3.63) is 0 Å². The van der Waals surface area contributed by atoms with Gasteiger partial charge >= 0.3 is 5.97 Å². The smallest absolute Gasteiger partial charge is 0.320 e. The fourth-order valence-electron chi connectivity index (χ4n) is 1.30. The second-order valence-corrected chi connectivity index (χ2v) is 4.79. The molecule has 0 saturated heterocycles. The van der Waals surface area contributed by atoms with Gasteiger partial charge in [0.1, 0.15) is 6.04 Å². The topological polar surface area (TPSA) is 238 Å². The van der Waals surface area contributed by atoms with Gasteiger partial charge in [-0.2, -0.15) is 0 Å². The average Bonchev–Trinajstić information content (AvgIpc) is 2.47. The monoisotopic (exact) mass is 334 g/mol. The zero-order valence-corrected chi connectivity index (χ0v) is 13.3. The van der Waals surface area contributed by atoms with Crippen molar-refractivity contribution in [3.8, 4) is 0 Å². The molecular formula is C12H30N8O3. The van der Waals surface area contributed by atoms with Crippen LogP contribution in [0.4, 0.5) is 0 Å². The lowest BCUT2D eigenvalue weighted by atomic mass is 10.2. The minimum Gasteiger partial charge on any atom is -0.480 e. The van der Waals surface area contributed by atoms with Crippen LogP contribution in [0.25, 0.3) is 0 Å². The molecule has 14 N–H and O–H groups in total. The van der Waals surface area contributed by atoms with Gasteiger partial charge < -0.3 is 44.6 Å². The second-order valence-electron chi connectivity index (χ2n) is 4.79. The van der Waals surface area contributed by atoms with Gasteiger partial charge in [0.05, 0.1) is 6.61 Å². The number of aliphatic hydroxyl groups excluding tert-OH is 1. The molecule has 136 valence electrons. The van der Waals surface area contributed by atoms with Gasteiger partial charge in [0.25, 0.3) is 0 Å². The zero-order valence-electron chi connectivity index (χ0n) is 13.3. The van der Waals surface area contributed by atoms with E-state index in [1.54, 1.807) is 0 Å². The van der Waals surface area contributed by atoms with Crippen LogP contribution in [-0.4, -0.2) is 59.9 Å². The van der Waals surface area contributed by atoms with Crippen molar-refractivity contribution in [3.63, 3.8) is 0 Å². The van der Waals surface area contributed by atoms with Crippen LogP contribution in [0.5, 0.6) is 0 Å². The number of rotatable bonds is 10. The number of aliphatic imine (C=N–C) groups is 2. The number of aliphatic hydroxyl groups is 1. The van der Waals surface area contributed by atoms with E-state index in [2.05, 4.69) is 9.98 Å². The molecule has 2 atom stereocenters. The molecule has 0 aliphatic carbocycles. The lowest BCUT2D eigenvalue weighted by Gasteiger charge is -2.04. The lowest BCUT2D eigenvalue weighted by molar-refractivity contribution is -0.138. The number of carboxylic acids is 1. The highest BCUT2D eigenvalue weighted by Crippen LogP contribution is 1.94. The van der Waals surface area contributed by atoms with Crippen LogP contribution in [0.3, 0.4) is 0 Å². The summed E-state index contributed by atoms with van der Waals surface area (Å²) in [6.45, 7) is 1.02. The van der Waals surface area contributed by atoms with E-state index in [4.69, 9.17) is 44.6 Å². The largest absolute Gasteiger partial charge is 0.480 e. The highest BCUT2D eigenvalue weighted by molar-refractivity contribution is 5.76. The van der Waals surface area contributed by atoms with E-state index in [1.807, 2.05) is 0 Å². The van der Waals surface area contributed by atoms with Gasteiger partial charge in [-0.05, 0) is 25.7 Å². The summed E-state index contributed by atoms with van der Waals surface area (Å²) in [6.07, 6.45) is 2.50. The van der Waals surface area contributed by atoms with Crippen molar-refractivity contribution in [1.82, 2.24) is 0 Å². The fourth-order valence-corrected chi connectivity index (χ4v) is 1.30. The van der Waals surface area contributed by atoms with E-state index in [1.165, 1.54) is 0 Å². The van der Waals surface area contributed by atoms with Crippen LogP contribution in [0.15, 0.2) is 9.98 Å². The average molecular weight is 334 g/mol. The van der Waals surface area contributed by atoms with E-state index >= 15 is 0 Å². The van der Waals surface area contributed by atoms with Crippen LogP contribution in [0.1, 0.15) is 25.7 Å². The van der Waals surface area contributed by atoms with Crippen molar-refractivity contribution in [2.45, 2.75) is 37.8 Å². The highest BCUT2D eigenvalue weighted by atomic mass is 16.4. The van der Waals surface area contributed by atoms with Gasteiger partial charge in [-0.25, -0.2) is 0 Å². The van der Waals surface area contributed by atoms with Crippen molar-refractivity contribution >= 4 is 17.9 Å². The Morgan fingerprint density at radius 3 is 1.70 bits per heavy atom. The normalized spacial score (nSPS) is 12.3. The molecule has 11 heteroatoms. The van der Waals surface area contributed by atoms with Crippen molar-refractivity contribution < 1.29 is 15.0 Å². The molecule has 23 heavy (non-hydrogen) atoms. The van der Waals surface area contributed by atoms with Crippen LogP contribution in [0, 0.1) is 0 Å². The molecule has 0 spiro atoms. The van der Waals surface area contributed by atoms with Gasteiger partial charge in [-0.15, -0.1) is 0 Å². The Kier molecular flexibility index (Phi) is 14.9. The van der Waals surface area contributed by atoms with E-state index < -0.39 is 12.0 Å². The molecule has 0 aromatic carbocycles. The number of aliphatic carboxylic acids is 1. The molecule has 0 bridgehead atoms. The molecule has 0 fully saturated rings.